The van der Waals surface area contributed by atoms with Gasteiger partial charge in [0, 0.05) is 6.54 Å². The molecule has 1 aliphatic carbocycles. The molecule has 0 saturated heterocycles. The van der Waals surface area contributed by atoms with Crippen LogP contribution in [0.15, 0.2) is 0 Å². The van der Waals surface area contributed by atoms with Crippen LogP contribution in [0.5, 0.6) is 0 Å². The molecule has 4 nitrogen and oxygen atoms in total. The number of rotatable bonds is 6. The predicted molar refractivity (Wildman–Crippen MR) is 50.8 cm³/mol. The van der Waals surface area contributed by atoms with Crippen LogP contribution >= 0.6 is 0 Å². The average molecular weight is 207 g/mol. The SMILES string of the molecule is CC(O)CCNS(=O)(=O)CC1CC1. The van der Waals surface area contributed by atoms with Crippen molar-refractivity contribution in [3.8, 4) is 0 Å². The van der Waals surface area contributed by atoms with Crippen molar-refractivity contribution in [2.24, 2.45) is 5.92 Å². The van der Waals surface area contributed by atoms with Gasteiger partial charge in [0.1, 0.15) is 0 Å². The largest absolute Gasteiger partial charge is 0.393 e. The predicted octanol–water partition coefficient (Wildman–Crippen LogP) is 0.0867. The molecule has 1 aliphatic rings. The molecule has 13 heavy (non-hydrogen) atoms. The number of hydrogen-bond donors (Lipinski definition) is 2. The molecule has 0 aromatic heterocycles. The number of hydrogen-bond acceptors (Lipinski definition) is 3. The van der Waals surface area contributed by atoms with Crippen molar-refractivity contribution in [2.45, 2.75) is 32.3 Å². The van der Waals surface area contributed by atoms with Crippen LogP contribution in [0.4, 0.5) is 0 Å². The second kappa shape index (κ2) is 4.39. The number of nitrogens with one attached hydrogen (secondary N) is 1. The third-order valence-electron chi connectivity index (χ3n) is 2.04. The molecule has 1 fully saturated rings. The molecule has 5 heteroatoms. The summed E-state index contributed by atoms with van der Waals surface area (Å²) in [5.41, 5.74) is 0. The van der Waals surface area contributed by atoms with Gasteiger partial charge in [-0.05, 0) is 32.1 Å². The fourth-order valence-electron chi connectivity index (χ4n) is 1.08. The highest BCUT2D eigenvalue weighted by Crippen LogP contribution is 2.29. The topological polar surface area (TPSA) is 66.4 Å². The molecule has 0 bridgehead atoms. The van der Waals surface area contributed by atoms with Crippen LogP contribution in [-0.4, -0.2) is 31.9 Å². The molecule has 0 amide bonds. The summed E-state index contributed by atoms with van der Waals surface area (Å²) in [7, 11) is -3.08. The summed E-state index contributed by atoms with van der Waals surface area (Å²) >= 11 is 0. The van der Waals surface area contributed by atoms with E-state index in [9.17, 15) is 8.42 Å². The first-order valence-corrected chi connectivity index (χ1v) is 6.30. The molecule has 0 aromatic carbocycles. The molecule has 0 radical (unpaired) electrons. The lowest BCUT2D eigenvalue weighted by Gasteiger charge is -2.06. The van der Waals surface area contributed by atoms with Gasteiger partial charge in [0.05, 0.1) is 11.9 Å². The third kappa shape index (κ3) is 5.23. The van der Waals surface area contributed by atoms with E-state index in [1.54, 1.807) is 6.92 Å². The van der Waals surface area contributed by atoms with Crippen molar-refractivity contribution >= 4 is 10.0 Å². The van der Waals surface area contributed by atoms with E-state index in [1.165, 1.54) is 0 Å². The van der Waals surface area contributed by atoms with Gasteiger partial charge in [0.25, 0.3) is 0 Å². The fraction of sp³-hybridized carbons (Fsp3) is 1.00. The zero-order valence-corrected chi connectivity index (χ0v) is 8.68. The van der Waals surface area contributed by atoms with E-state index in [0.717, 1.165) is 12.8 Å². The number of sulfonamides is 1. The summed E-state index contributed by atoms with van der Waals surface area (Å²) in [6.45, 7) is 1.99. The second-order valence-electron chi connectivity index (χ2n) is 3.76. The van der Waals surface area contributed by atoms with Crippen molar-refractivity contribution in [1.82, 2.24) is 4.72 Å². The van der Waals surface area contributed by atoms with Gasteiger partial charge in [0.2, 0.25) is 10.0 Å². The number of aliphatic hydroxyl groups excluding tert-OH is 1. The van der Waals surface area contributed by atoms with Crippen molar-refractivity contribution < 1.29 is 13.5 Å². The quantitative estimate of drug-likeness (QED) is 0.648. The molecule has 0 spiro atoms. The van der Waals surface area contributed by atoms with E-state index >= 15 is 0 Å². The molecule has 0 aliphatic heterocycles. The van der Waals surface area contributed by atoms with Crippen molar-refractivity contribution in [2.75, 3.05) is 12.3 Å². The molecule has 1 atom stereocenters. The maximum absolute atomic E-state index is 11.3. The van der Waals surface area contributed by atoms with E-state index < -0.39 is 16.1 Å². The van der Waals surface area contributed by atoms with Gasteiger partial charge in [-0.15, -0.1) is 0 Å². The maximum atomic E-state index is 11.3. The third-order valence-corrected chi connectivity index (χ3v) is 3.59. The van der Waals surface area contributed by atoms with E-state index in [0.29, 0.717) is 18.9 Å². The van der Waals surface area contributed by atoms with Crippen LogP contribution in [0, 0.1) is 5.92 Å². The van der Waals surface area contributed by atoms with E-state index in [4.69, 9.17) is 5.11 Å². The Balaban J connectivity index is 2.17. The van der Waals surface area contributed by atoms with Crippen molar-refractivity contribution in [3.63, 3.8) is 0 Å². The highest BCUT2D eigenvalue weighted by Gasteiger charge is 2.27. The Labute approximate surface area is 79.4 Å². The van der Waals surface area contributed by atoms with Crippen LogP contribution in [0.3, 0.4) is 0 Å². The highest BCUT2D eigenvalue weighted by atomic mass is 32.2. The molecule has 1 rings (SSSR count). The van der Waals surface area contributed by atoms with Crippen LogP contribution in [0.1, 0.15) is 26.2 Å². The summed E-state index contributed by atoms with van der Waals surface area (Å²) in [5, 5.41) is 8.91. The molecule has 1 saturated carbocycles. The van der Waals surface area contributed by atoms with E-state index in [2.05, 4.69) is 4.72 Å². The van der Waals surface area contributed by atoms with Gasteiger partial charge in [-0.2, -0.15) is 0 Å². The van der Waals surface area contributed by atoms with Gasteiger partial charge in [-0.25, -0.2) is 13.1 Å². The Hall–Kier alpha value is -0.130. The minimum absolute atomic E-state index is 0.257. The monoisotopic (exact) mass is 207 g/mol. The minimum atomic E-state index is -3.08. The lowest BCUT2D eigenvalue weighted by atomic mass is 10.3. The van der Waals surface area contributed by atoms with Gasteiger partial charge in [-0.3, -0.25) is 0 Å². The van der Waals surface area contributed by atoms with Crippen LogP contribution in [-0.2, 0) is 10.0 Å². The Kier molecular flexibility index (Phi) is 3.70. The molecular formula is C8H17NO3S. The Morgan fingerprint density at radius 1 is 1.54 bits per heavy atom. The molecule has 78 valence electrons. The number of aliphatic hydroxyl groups is 1. The van der Waals surface area contributed by atoms with Crippen LogP contribution in [0.25, 0.3) is 0 Å². The van der Waals surface area contributed by atoms with Gasteiger partial charge in [0.15, 0.2) is 0 Å². The summed E-state index contributed by atoms with van der Waals surface area (Å²) < 4.78 is 25.0. The first-order valence-electron chi connectivity index (χ1n) is 4.65. The lowest BCUT2D eigenvalue weighted by molar-refractivity contribution is 0.186. The maximum Gasteiger partial charge on any atom is 0.211 e. The van der Waals surface area contributed by atoms with Crippen LogP contribution in [0.2, 0.25) is 0 Å². The first-order chi connectivity index (χ1) is 5.99. The average Bonchev–Trinajstić information content (AvgIpc) is 2.68. The lowest BCUT2D eigenvalue weighted by Crippen LogP contribution is -2.29. The smallest absolute Gasteiger partial charge is 0.211 e. The minimum Gasteiger partial charge on any atom is -0.393 e. The van der Waals surface area contributed by atoms with Gasteiger partial charge < -0.3 is 5.11 Å². The fourth-order valence-corrected chi connectivity index (χ4v) is 2.58. The molecule has 0 heterocycles. The molecule has 0 aromatic rings. The van der Waals surface area contributed by atoms with Crippen molar-refractivity contribution in [3.05, 3.63) is 0 Å². The molecule has 2 N–H and O–H groups in total. The summed E-state index contributed by atoms with van der Waals surface area (Å²) in [6.07, 6.45) is 2.11. The highest BCUT2D eigenvalue weighted by molar-refractivity contribution is 7.89. The van der Waals surface area contributed by atoms with Gasteiger partial charge >= 0.3 is 0 Å². The zero-order valence-electron chi connectivity index (χ0n) is 7.86. The zero-order chi connectivity index (χ0) is 9.90. The van der Waals surface area contributed by atoms with E-state index in [-0.39, 0.29) is 5.75 Å². The normalized spacial score (nSPS) is 20.2. The summed E-state index contributed by atoms with van der Waals surface area (Å²) in [5.74, 6) is 0.636. The summed E-state index contributed by atoms with van der Waals surface area (Å²) in [6, 6.07) is 0. The van der Waals surface area contributed by atoms with Crippen LogP contribution < -0.4 is 4.72 Å². The molecular weight excluding hydrogens is 190 g/mol. The molecule has 1 unspecified atom stereocenters. The Bertz CT molecular complexity index is 244. The van der Waals surface area contributed by atoms with Gasteiger partial charge in [-0.1, -0.05) is 0 Å². The standard InChI is InChI=1S/C8H17NO3S/c1-7(10)4-5-9-13(11,12)6-8-2-3-8/h7-10H,2-6H2,1H3. The summed E-state index contributed by atoms with van der Waals surface area (Å²) in [4.78, 5) is 0. The van der Waals surface area contributed by atoms with E-state index in [1.807, 2.05) is 0 Å². The Morgan fingerprint density at radius 2 is 2.15 bits per heavy atom. The Morgan fingerprint density at radius 3 is 2.62 bits per heavy atom. The van der Waals surface area contributed by atoms with Crippen molar-refractivity contribution in [1.29, 1.82) is 0 Å². The first kappa shape index (κ1) is 10.9. The second-order valence-corrected chi connectivity index (χ2v) is 5.61.